The van der Waals surface area contributed by atoms with Gasteiger partial charge < -0.3 is 14.4 Å². The van der Waals surface area contributed by atoms with Gasteiger partial charge >= 0.3 is 0 Å². The van der Waals surface area contributed by atoms with E-state index in [9.17, 15) is 4.79 Å². The maximum Gasteiger partial charge on any atom is 0.260 e. The highest BCUT2D eigenvalue weighted by molar-refractivity contribution is 6.30. The molecule has 5 heteroatoms. The number of halogens is 1. The maximum absolute atomic E-state index is 12.1. The SMILES string of the molecule is COc1ccccc1CCN(C)C(=O)COc1ccc(Cl)cc1. The predicted molar refractivity (Wildman–Crippen MR) is 91.3 cm³/mol. The van der Waals surface area contributed by atoms with Crippen molar-refractivity contribution in [2.75, 3.05) is 27.3 Å². The Balaban J connectivity index is 1.81. The summed E-state index contributed by atoms with van der Waals surface area (Å²) in [5, 5.41) is 0.637. The van der Waals surface area contributed by atoms with Crippen molar-refractivity contribution in [3.63, 3.8) is 0 Å². The highest BCUT2D eigenvalue weighted by Gasteiger charge is 2.11. The van der Waals surface area contributed by atoms with Crippen LogP contribution < -0.4 is 9.47 Å². The number of rotatable bonds is 7. The minimum atomic E-state index is -0.0742. The third-order valence-electron chi connectivity index (χ3n) is 3.51. The Bertz CT molecular complexity index is 643. The monoisotopic (exact) mass is 333 g/mol. The molecular formula is C18H20ClNO3. The first kappa shape index (κ1) is 17.2. The van der Waals surface area contributed by atoms with Gasteiger partial charge in [0.15, 0.2) is 6.61 Å². The van der Waals surface area contributed by atoms with E-state index >= 15 is 0 Å². The summed E-state index contributed by atoms with van der Waals surface area (Å²) in [4.78, 5) is 13.8. The van der Waals surface area contributed by atoms with Crippen molar-refractivity contribution >= 4 is 17.5 Å². The van der Waals surface area contributed by atoms with Crippen molar-refractivity contribution in [3.8, 4) is 11.5 Å². The van der Waals surface area contributed by atoms with Gasteiger partial charge in [0, 0.05) is 18.6 Å². The zero-order valence-electron chi connectivity index (χ0n) is 13.3. The van der Waals surface area contributed by atoms with E-state index in [1.807, 2.05) is 24.3 Å². The van der Waals surface area contributed by atoms with Crippen LogP contribution in [0.4, 0.5) is 0 Å². The van der Waals surface area contributed by atoms with E-state index in [0.29, 0.717) is 17.3 Å². The van der Waals surface area contributed by atoms with Crippen molar-refractivity contribution in [2.45, 2.75) is 6.42 Å². The second-order valence-corrected chi connectivity index (χ2v) is 5.56. The first-order valence-electron chi connectivity index (χ1n) is 7.34. The quantitative estimate of drug-likeness (QED) is 0.779. The van der Waals surface area contributed by atoms with Gasteiger partial charge in [-0.25, -0.2) is 0 Å². The third kappa shape index (κ3) is 5.18. The Morgan fingerprint density at radius 2 is 1.83 bits per heavy atom. The van der Waals surface area contributed by atoms with E-state index in [2.05, 4.69) is 0 Å². The van der Waals surface area contributed by atoms with Crippen LogP contribution in [0.3, 0.4) is 0 Å². The predicted octanol–water partition coefficient (Wildman–Crippen LogP) is 3.43. The second-order valence-electron chi connectivity index (χ2n) is 5.12. The number of likely N-dealkylation sites (N-methyl/N-ethyl adjacent to an activating group) is 1. The van der Waals surface area contributed by atoms with Gasteiger partial charge in [-0.05, 0) is 42.3 Å². The summed E-state index contributed by atoms with van der Waals surface area (Å²) in [6, 6.07) is 14.7. The third-order valence-corrected chi connectivity index (χ3v) is 3.76. The van der Waals surface area contributed by atoms with Crippen LogP contribution >= 0.6 is 11.6 Å². The number of ether oxygens (including phenoxy) is 2. The van der Waals surface area contributed by atoms with Crippen LogP contribution in [0.1, 0.15) is 5.56 Å². The van der Waals surface area contributed by atoms with Gasteiger partial charge in [0.25, 0.3) is 5.91 Å². The zero-order chi connectivity index (χ0) is 16.7. The molecule has 4 nitrogen and oxygen atoms in total. The highest BCUT2D eigenvalue weighted by atomic mass is 35.5. The minimum Gasteiger partial charge on any atom is -0.496 e. The molecule has 0 N–H and O–H groups in total. The molecule has 0 aliphatic rings. The minimum absolute atomic E-state index is 0.00402. The molecule has 1 amide bonds. The molecule has 122 valence electrons. The van der Waals surface area contributed by atoms with Gasteiger partial charge in [-0.3, -0.25) is 4.79 Å². The van der Waals surface area contributed by atoms with Crippen LogP contribution in [0.5, 0.6) is 11.5 Å². The second kappa shape index (κ2) is 8.44. The molecule has 0 radical (unpaired) electrons. The Morgan fingerprint density at radius 1 is 1.13 bits per heavy atom. The molecule has 0 fully saturated rings. The fourth-order valence-corrected chi connectivity index (χ4v) is 2.23. The lowest BCUT2D eigenvalue weighted by molar-refractivity contribution is -0.132. The van der Waals surface area contributed by atoms with Gasteiger partial charge in [-0.1, -0.05) is 29.8 Å². The van der Waals surface area contributed by atoms with E-state index < -0.39 is 0 Å². The smallest absolute Gasteiger partial charge is 0.260 e. The molecule has 0 spiro atoms. The topological polar surface area (TPSA) is 38.8 Å². The number of methoxy groups -OCH3 is 1. The molecule has 2 aromatic carbocycles. The van der Waals surface area contributed by atoms with Crippen molar-refractivity contribution in [1.82, 2.24) is 4.90 Å². The lowest BCUT2D eigenvalue weighted by Crippen LogP contribution is -2.33. The molecule has 2 aromatic rings. The largest absolute Gasteiger partial charge is 0.496 e. The van der Waals surface area contributed by atoms with Crippen molar-refractivity contribution in [2.24, 2.45) is 0 Å². The molecule has 0 heterocycles. The summed E-state index contributed by atoms with van der Waals surface area (Å²) in [6.07, 6.45) is 0.729. The zero-order valence-corrected chi connectivity index (χ0v) is 14.0. The van der Waals surface area contributed by atoms with Gasteiger partial charge in [0.2, 0.25) is 0 Å². The molecule has 2 rings (SSSR count). The Labute approximate surface area is 141 Å². The number of benzene rings is 2. The summed E-state index contributed by atoms with van der Waals surface area (Å²) in [7, 11) is 3.41. The van der Waals surface area contributed by atoms with Crippen LogP contribution in [0.15, 0.2) is 48.5 Å². The van der Waals surface area contributed by atoms with Gasteiger partial charge in [-0.2, -0.15) is 0 Å². The van der Waals surface area contributed by atoms with Crippen LogP contribution in [0.25, 0.3) is 0 Å². The summed E-state index contributed by atoms with van der Waals surface area (Å²) in [5.74, 6) is 1.39. The lowest BCUT2D eigenvalue weighted by atomic mass is 10.1. The normalized spacial score (nSPS) is 10.2. The fourth-order valence-electron chi connectivity index (χ4n) is 2.11. The van der Waals surface area contributed by atoms with E-state index in [1.54, 1.807) is 43.3 Å². The molecule has 0 bridgehead atoms. The van der Waals surface area contributed by atoms with Crippen molar-refractivity contribution < 1.29 is 14.3 Å². The number of carbonyl (C=O) groups is 1. The number of nitrogens with zero attached hydrogens (tertiary/aromatic N) is 1. The summed E-state index contributed by atoms with van der Waals surface area (Å²) in [6.45, 7) is 0.604. The van der Waals surface area contributed by atoms with E-state index in [1.165, 1.54) is 0 Å². The van der Waals surface area contributed by atoms with E-state index in [0.717, 1.165) is 17.7 Å². The van der Waals surface area contributed by atoms with Crippen LogP contribution in [0.2, 0.25) is 5.02 Å². The van der Waals surface area contributed by atoms with E-state index in [4.69, 9.17) is 21.1 Å². The Kier molecular flexibility index (Phi) is 6.29. The van der Waals surface area contributed by atoms with Crippen LogP contribution in [-0.4, -0.2) is 38.1 Å². The number of hydrogen-bond donors (Lipinski definition) is 0. The van der Waals surface area contributed by atoms with Gasteiger partial charge in [0.05, 0.1) is 7.11 Å². The Hall–Kier alpha value is -2.20. The molecule has 0 saturated carbocycles. The molecule has 0 aromatic heterocycles. The first-order chi connectivity index (χ1) is 11.1. The molecule has 23 heavy (non-hydrogen) atoms. The first-order valence-corrected chi connectivity index (χ1v) is 7.72. The fraction of sp³-hybridized carbons (Fsp3) is 0.278. The standard InChI is InChI=1S/C18H20ClNO3/c1-20(12-11-14-5-3-4-6-17(14)22-2)18(21)13-23-16-9-7-15(19)8-10-16/h3-10H,11-13H2,1-2H3. The molecule has 0 aliphatic heterocycles. The lowest BCUT2D eigenvalue weighted by Gasteiger charge is -2.18. The van der Waals surface area contributed by atoms with Gasteiger partial charge in [-0.15, -0.1) is 0 Å². The highest BCUT2D eigenvalue weighted by Crippen LogP contribution is 2.18. The molecule has 0 unspecified atom stereocenters. The molecular weight excluding hydrogens is 314 g/mol. The summed E-state index contributed by atoms with van der Waals surface area (Å²) in [5.41, 5.74) is 1.08. The summed E-state index contributed by atoms with van der Waals surface area (Å²) < 4.78 is 10.8. The molecule has 0 aliphatic carbocycles. The van der Waals surface area contributed by atoms with Crippen molar-refractivity contribution in [1.29, 1.82) is 0 Å². The molecule has 0 saturated heterocycles. The van der Waals surface area contributed by atoms with Gasteiger partial charge in [0.1, 0.15) is 11.5 Å². The number of para-hydroxylation sites is 1. The van der Waals surface area contributed by atoms with Crippen LogP contribution in [-0.2, 0) is 11.2 Å². The Morgan fingerprint density at radius 3 is 2.52 bits per heavy atom. The number of amides is 1. The van der Waals surface area contributed by atoms with E-state index in [-0.39, 0.29) is 12.5 Å². The molecule has 0 atom stereocenters. The average molecular weight is 334 g/mol. The number of carbonyl (C=O) groups excluding carboxylic acids is 1. The average Bonchev–Trinajstić information content (AvgIpc) is 2.59. The summed E-state index contributed by atoms with van der Waals surface area (Å²) >= 11 is 5.81. The van der Waals surface area contributed by atoms with Crippen molar-refractivity contribution in [3.05, 3.63) is 59.1 Å². The van der Waals surface area contributed by atoms with Crippen LogP contribution in [0, 0.1) is 0 Å². The maximum atomic E-state index is 12.1. The number of hydrogen-bond acceptors (Lipinski definition) is 3.